The second-order valence-corrected chi connectivity index (χ2v) is 7.07. The predicted molar refractivity (Wildman–Crippen MR) is 105 cm³/mol. The Kier molecular flexibility index (Phi) is 4.79. The molecule has 2 aliphatic heterocycles. The van der Waals surface area contributed by atoms with Gasteiger partial charge in [0.1, 0.15) is 0 Å². The summed E-state index contributed by atoms with van der Waals surface area (Å²) in [4.78, 5) is 15.4. The average Bonchev–Trinajstić information content (AvgIpc) is 2.88. The summed E-state index contributed by atoms with van der Waals surface area (Å²) < 4.78 is 21.8. The summed E-state index contributed by atoms with van der Waals surface area (Å²) in [5, 5.41) is 0. The molecule has 0 bridgehead atoms. The van der Waals surface area contributed by atoms with Crippen molar-refractivity contribution in [3.8, 4) is 23.0 Å². The van der Waals surface area contributed by atoms with Crippen molar-refractivity contribution in [1.29, 1.82) is 0 Å². The lowest BCUT2D eigenvalue weighted by Crippen LogP contribution is -2.39. The van der Waals surface area contributed by atoms with Crippen molar-refractivity contribution >= 4 is 5.91 Å². The molecule has 4 rings (SSSR count). The number of carbonyl (C=O) groups is 1. The van der Waals surface area contributed by atoms with Crippen LogP contribution in [0, 0.1) is 0 Å². The lowest BCUT2D eigenvalue weighted by atomic mass is 9.89. The molecule has 0 radical (unpaired) electrons. The number of nitrogens with zero attached hydrogens (tertiary/aromatic N) is 1. The first-order valence-electron chi connectivity index (χ1n) is 9.42. The van der Waals surface area contributed by atoms with Gasteiger partial charge in [0.2, 0.25) is 0 Å². The van der Waals surface area contributed by atoms with E-state index >= 15 is 0 Å². The van der Waals surface area contributed by atoms with Gasteiger partial charge in [0.15, 0.2) is 23.0 Å². The smallest absolute Gasteiger partial charge is 0.254 e. The van der Waals surface area contributed by atoms with Crippen LogP contribution in [0.25, 0.3) is 0 Å². The van der Waals surface area contributed by atoms with Crippen molar-refractivity contribution in [1.82, 2.24) is 4.90 Å². The highest BCUT2D eigenvalue weighted by Crippen LogP contribution is 2.43. The molecule has 148 valence electrons. The summed E-state index contributed by atoms with van der Waals surface area (Å²) in [7, 11) is 6.48. The Labute approximate surface area is 165 Å². The highest BCUT2D eigenvalue weighted by atomic mass is 16.5. The minimum atomic E-state index is 0.0143. The maximum absolute atomic E-state index is 13.4. The van der Waals surface area contributed by atoms with Crippen molar-refractivity contribution in [3.05, 3.63) is 46.5 Å². The van der Waals surface area contributed by atoms with Crippen molar-refractivity contribution in [2.24, 2.45) is 0 Å². The van der Waals surface area contributed by atoms with Gasteiger partial charge < -0.3 is 23.8 Å². The van der Waals surface area contributed by atoms with Crippen LogP contribution >= 0.6 is 0 Å². The molecule has 6 nitrogen and oxygen atoms in total. The Bertz CT molecular complexity index is 924. The van der Waals surface area contributed by atoms with E-state index in [1.165, 1.54) is 5.56 Å². The zero-order valence-electron chi connectivity index (χ0n) is 16.7. The zero-order valence-corrected chi connectivity index (χ0v) is 16.7. The molecule has 1 atom stereocenters. The van der Waals surface area contributed by atoms with Crippen LogP contribution in [-0.2, 0) is 12.8 Å². The van der Waals surface area contributed by atoms with Gasteiger partial charge in [-0.1, -0.05) is 0 Å². The molecule has 2 aliphatic rings. The van der Waals surface area contributed by atoms with Crippen molar-refractivity contribution < 1.29 is 23.7 Å². The van der Waals surface area contributed by atoms with Gasteiger partial charge >= 0.3 is 0 Å². The number of hydrogen-bond acceptors (Lipinski definition) is 5. The maximum atomic E-state index is 13.4. The number of carbonyl (C=O) groups excluding carboxylic acids is 1. The van der Waals surface area contributed by atoms with E-state index in [4.69, 9.17) is 18.9 Å². The molecule has 28 heavy (non-hydrogen) atoms. The average molecular weight is 383 g/mol. The number of aryl methyl sites for hydroxylation is 1. The SMILES string of the molecule is COc1cc2c(cc1OC)C(=O)N1CCc3cc(OC)c(OC)cc3C1CC2. The van der Waals surface area contributed by atoms with Gasteiger partial charge in [-0.05, 0) is 60.2 Å². The minimum Gasteiger partial charge on any atom is -0.493 e. The zero-order chi connectivity index (χ0) is 19.8. The molecule has 2 aromatic rings. The van der Waals surface area contributed by atoms with Gasteiger partial charge in [-0.2, -0.15) is 0 Å². The van der Waals surface area contributed by atoms with E-state index in [9.17, 15) is 4.79 Å². The Morgan fingerprint density at radius 1 is 0.786 bits per heavy atom. The molecule has 1 amide bonds. The van der Waals surface area contributed by atoms with Crippen molar-refractivity contribution in [3.63, 3.8) is 0 Å². The number of benzene rings is 2. The molecule has 0 aromatic heterocycles. The fourth-order valence-corrected chi connectivity index (χ4v) is 4.36. The fourth-order valence-electron chi connectivity index (χ4n) is 4.36. The standard InChI is InChI=1S/C22H25NO5/c1-25-18-9-13-5-6-17-15-11-20(27-3)19(26-2)10-14(15)7-8-23(17)22(24)16(13)12-21(18)28-4/h9-12,17H,5-8H2,1-4H3. The van der Waals surface area contributed by atoms with Crippen LogP contribution < -0.4 is 18.9 Å². The monoisotopic (exact) mass is 383 g/mol. The molecule has 6 heteroatoms. The Balaban J connectivity index is 1.78. The molecule has 0 saturated heterocycles. The normalized spacial score (nSPS) is 17.8. The molecule has 1 unspecified atom stereocenters. The molecule has 2 heterocycles. The highest BCUT2D eigenvalue weighted by Gasteiger charge is 2.36. The van der Waals surface area contributed by atoms with Crippen LogP contribution in [-0.4, -0.2) is 45.8 Å². The van der Waals surface area contributed by atoms with Crippen molar-refractivity contribution in [2.45, 2.75) is 25.3 Å². The number of fused-ring (bicyclic) bond motifs is 4. The number of ether oxygens (including phenoxy) is 4. The maximum Gasteiger partial charge on any atom is 0.254 e. The second-order valence-electron chi connectivity index (χ2n) is 7.07. The molecule has 0 aliphatic carbocycles. The number of amides is 1. The predicted octanol–water partition coefficient (Wildman–Crippen LogP) is 3.41. The third-order valence-corrected chi connectivity index (χ3v) is 5.79. The van der Waals surface area contributed by atoms with Crippen molar-refractivity contribution in [2.75, 3.05) is 35.0 Å². The Hall–Kier alpha value is -2.89. The topological polar surface area (TPSA) is 57.2 Å². The highest BCUT2D eigenvalue weighted by molar-refractivity contribution is 5.97. The summed E-state index contributed by atoms with van der Waals surface area (Å²) in [6.07, 6.45) is 2.42. The molecular formula is C22H25NO5. The van der Waals surface area contributed by atoms with Gasteiger partial charge in [-0.25, -0.2) is 0 Å². The molecule has 0 spiro atoms. The van der Waals surface area contributed by atoms with E-state index in [0.717, 1.165) is 36.1 Å². The number of hydrogen-bond donors (Lipinski definition) is 0. The van der Waals surface area contributed by atoms with Gasteiger partial charge in [0.05, 0.1) is 34.5 Å². The molecule has 2 aromatic carbocycles. The minimum absolute atomic E-state index is 0.0143. The lowest BCUT2D eigenvalue weighted by Gasteiger charge is -2.36. The van der Waals surface area contributed by atoms with E-state index in [-0.39, 0.29) is 11.9 Å². The van der Waals surface area contributed by atoms with Crippen LogP contribution in [0.2, 0.25) is 0 Å². The summed E-state index contributed by atoms with van der Waals surface area (Å²) in [5.41, 5.74) is 4.06. The third kappa shape index (κ3) is 2.84. The van der Waals surface area contributed by atoms with Crippen LogP contribution in [0.3, 0.4) is 0 Å². The van der Waals surface area contributed by atoms with Gasteiger partial charge in [0, 0.05) is 12.1 Å². The van der Waals surface area contributed by atoms with E-state index < -0.39 is 0 Å². The summed E-state index contributed by atoms with van der Waals surface area (Å²) in [6.45, 7) is 0.680. The quantitative estimate of drug-likeness (QED) is 0.810. The van der Waals surface area contributed by atoms with E-state index in [2.05, 4.69) is 0 Å². The Morgan fingerprint density at radius 3 is 2.00 bits per heavy atom. The first-order chi connectivity index (χ1) is 13.6. The van der Waals surface area contributed by atoms with Crippen LogP contribution in [0.5, 0.6) is 23.0 Å². The van der Waals surface area contributed by atoms with Gasteiger partial charge in [-0.3, -0.25) is 4.79 Å². The number of rotatable bonds is 4. The fraction of sp³-hybridized carbons (Fsp3) is 0.409. The van der Waals surface area contributed by atoms with Crippen LogP contribution in [0.15, 0.2) is 24.3 Å². The third-order valence-electron chi connectivity index (χ3n) is 5.79. The number of methoxy groups -OCH3 is 4. The lowest BCUT2D eigenvalue weighted by molar-refractivity contribution is 0.0662. The molecule has 0 N–H and O–H groups in total. The first kappa shape index (κ1) is 18.5. The molecule has 0 fully saturated rings. The second kappa shape index (κ2) is 7.26. The van der Waals surface area contributed by atoms with E-state index in [1.54, 1.807) is 28.4 Å². The molecular weight excluding hydrogens is 358 g/mol. The Morgan fingerprint density at radius 2 is 1.36 bits per heavy atom. The van der Waals surface area contributed by atoms with Gasteiger partial charge in [-0.15, -0.1) is 0 Å². The van der Waals surface area contributed by atoms with Crippen LogP contribution in [0.4, 0.5) is 0 Å². The first-order valence-corrected chi connectivity index (χ1v) is 9.42. The van der Waals surface area contributed by atoms with Gasteiger partial charge in [0.25, 0.3) is 5.91 Å². The van der Waals surface area contributed by atoms with Crippen LogP contribution in [0.1, 0.15) is 39.5 Å². The molecule has 0 saturated carbocycles. The van der Waals surface area contributed by atoms with E-state index in [1.807, 2.05) is 29.2 Å². The summed E-state index contributed by atoms with van der Waals surface area (Å²) >= 11 is 0. The summed E-state index contributed by atoms with van der Waals surface area (Å²) in [6, 6.07) is 7.82. The largest absolute Gasteiger partial charge is 0.493 e. The van der Waals surface area contributed by atoms with E-state index in [0.29, 0.717) is 29.4 Å². The summed E-state index contributed by atoms with van der Waals surface area (Å²) in [5.74, 6) is 2.70.